The quantitative estimate of drug-likeness (QED) is 0.118. The normalized spacial score (nSPS) is 21.6. The van der Waals surface area contributed by atoms with Crippen LogP contribution in [0.4, 0.5) is 51.7 Å². The SMILES string of the molecule is COC(=O)N1C[C@@H](O)C[C@H]1C(=O)N(c1cccc(F)c1)[C@H](C(=O)NC1CC(F)(F)C1)c1ccccc1Cl.COC(=O)N1C[C@H](F)C[C@H]1C(=O)N(c1cccc(F)c1)[C@H](C(=O)NC1CC(F)(F)C1)c1ccccc1Cl. The van der Waals surface area contributed by atoms with Crippen molar-refractivity contribution in [1.82, 2.24) is 20.4 Å². The van der Waals surface area contributed by atoms with Gasteiger partial charge in [0.2, 0.25) is 11.8 Å². The standard InChI is InChI=1S/C25H24ClF4N3O4.C25H25ClF3N3O5/c1-37-24(36)32-13-15(28)10-20(32)23(35)33(17-6-4-5-14(27)9-17)21(18-7-2-3-8-19(18)26)22(34)31-16-11-25(29,30)12-16;1-37-24(36)31-13-17(33)10-20(31)23(35)32(16-6-4-5-14(27)9-16)21(18-7-2-3-8-19(18)26)22(34)30-15-11-25(28,29)12-15/h2-9,15-16,20-21H,10-13H2,1H3,(H,31,34);2-9,15,17,20-21,33H,10-13H2,1H3,(H,30,34)/t15-,20+,21+;17-,20-,21-/m10/s1. The minimum absolute atomic E-state index is 0.0322. The number of aliphatic hydroxyl groups excluding tert-OH is 1. The lowest BCUT2D eigenvalue weighted by Crippen LogP contribution is -2.56. The molecule has 0 unspecified atom stereocenters. The number of aliphatic hydroxyl groups is 1. The number of nitrogens with zero attached hydrogens (tertiary/aromatic N) is 4. The van der Waals surface area contributed by atoms with Crippen LogP contribution < -0.4 is 20.4 Å². The Morgan fingerprint density at radius 2 is 1.01 bits per heavy atom. The fourth-order valence-corrected chi connectivity index (χ4v) is 9.84. The van der Waals surface area contributed by atoms with E-state index in [2.05, 4.69) is 10.6 Å². The third-order valence-corrected chi connectivity index (χ3v) is 13.5. The maximum Gasteiger partial charge on any atom is 0.410 e. The van der Waals surface area contributed by atoms with Crippen LogP contribution in [0.2, 0.25) is 10.0 Å². The van der Waals surface area contributed by atoms with E-state index in [9.17, 15) is 64.6 Å². The summed E-state index contributed by atoms with van der Waals surface area (Å²) in [5, 5.41) is 15.5. The Morgan fingerprint density at radius 1 is 0.622 bits per heavy atom. The second kappa shape index (κ2) is 22.9. The van der Waals surface area contributed by atoms with E-state index in [1.165, 1.54) is 48.5 Å². The molecular weight excluding hydrogens is 1030 g/mol. The lowest BCUT2D eigenvalue weighted by Gasteiger charge is -2.39. The Labute approximate surface area is 429 Å². The van der Waals surface area contributed by atoms with Crippen LogP contribution in [-0.4, -0.2) is 126 Å². The number of β-amino-alcohol motifs (C(OH)–C–C–N with tert-alkyl or cyclic N) is 1. The molecular formula is C50H49Cl2F7N6O9. The highest BCUT2D eigenvalue weighted by atomic mass is 35.5. The summed E-state index contributed by atoms with van der Waals surface area (Å²) in [6.07, 6.45) is -7.25. The highest BCUT2D eigenvalue weighted by Gasteiger charge is 2.51. The van der Waals surface area contributed by atoms with Gasteiger partial charge in [-0.1, -0.05) is 71.7 Å². The summed E-state index contributed by atoms with van der Waals surface area (Å²) in [7, 11) is 2.20. The number of rotatable bonds is 12. The Morgan fingerprint density at radius 3 is 1.39 bits per heavy atom. The van der Waals surface area contributed by atoms with Crippen LogP contribution in [0.5, 0.6) is 0 Å². The molecule has 0 spiro atoms. The summed E-state index contributed by atoms with van der Waals surface area (Å²) < 4.78 is 106. The van der Waals surface area contributed by atoms with Crippen LogP contribution >= 0.6 is 23.2 Å². The smallest absolute Gasteiger partial charge is 0.410 e. The van der Waals surface area contributed by atoms with E-state index >= 15 is 0 Å². The molecule has 0 radical (unpaired) electrons. The largest absolute Gasteiger partial charge is 0.453 e. The summed E-state index contributed by atoms with van der Waals surface area (Å²) in [5.41, 5.74) is 0.185. The summed E-state index contributed by atoms with van der Waals surface area (Å²) in [6, 6.07) is 14.6. The van der Waals surface area contributed by atoms with Crippen LogP contribution in [-0.2, 0) is 28.7 Å². The van der Waals surface area contributed by atoms with Crippen LogP contribution in [0.25, 0.3) is 0 Å². The van der Waals surface area contributed by atoms with E-state index in [-0.39, 0.29) is 51.9 Å². The third-order valence-electron chi connectivity index (χ3n) is 12.9. The first kappa shape index (κ1) is 55.1. The van der Waals surface area contributed by atoms with Gasteiger partial charge in [0.15, 0.2) is 0 Å². The minimum Gasteiger partial charge on any atom is -0.453 e. The molecule has 2 aliphatic carbocycles. The van der Waals surface area contributed by atoms with Crippen LogP contribution in [0.1, 0.15) is 61.7 Å². The maximum atomic E-state index is 14.4. The number of nitrogens with one attached hydrogen (secondary N) is 2. The lowest BCUT2D eigenvalue weighted by atomic mass is 9.87. The number of carbonyl (C=O) groups excluding carboxylic acids is 6. The van der Waals surface area contributed by atoms with Crippen molar-refractivity contribution in [3.8, 4) is 0 Å². The average Bonchev–Trinajstić information content (AvgIpc) is 3.93. The minimum atomic E-state index is -2.92. The molecule has 2 saturated heterocycles. The Hall–Kier alpha value is -6.65. The number of carbonyl (C=O) groups is 6. The predicted molar refractivity (Wildman–Crippen MR) is 254 cm³/mol. The van der Waals surface area contributed by atoms with Gasteiger partial charge in [0.25, 0.3) is 23.7 Å². The molecule has 2 aliphatic heterocycles. The van der Waals surface area contributed by atoms with Gasteiger partial charge in [0, 0.05) is 83.2 Å². The van der Waals surface area contributed by atoms with Crippen molar-refractivity contribution in [3.63, 3.8) is 0 Å². The fourth-order valence-electron chi connectivity index (χ4n) is 9.36. The molecule has 6 atom stereocenters. The molecule has 396 valence electrons. The number of amides is 6. The van der Waals surface area contributed by atoms with Crippen LogP contribution in [0.3, 0.4) is 0 Å². The topological polar surface area (TPSA) is 178 Å². The maximum absolute atomic E-state index is 14.4. The van der Waals surface area contributed by atoms with Crippen molar-refractivity contribution in [2.45, 2.75) is 98.9 Å². The molecule has 4 aromatic carbocycles. The Bertz CT molecular complexity index is 2570. The zero-order chi connectivity index (χ0) is 53.8. The van der Waals surface area contributed by atoms with Crippen molar-refractivity contribution >= 4 is 70.4 Å². The van der Waals surface area contributed by atoms with Gasteiger partial charge in [0.1, 0.15) is 42.0 Å². The van der Waals surface area contributed by atoms with Gasteiger partial charge in [-0.3, -0.25) is 38.8 Å². The number of alkyl halides is 5. The van der Waals surface area contributed by atoms with E-state index in [0.717, 1.165) is 58.1 Å². The number of methoxy groups -OCH3 is 2. The van der Waals surface area contributed by atoms with Gasteiger partial charge < -0.3 is 25.2 Å². The second-order valence-electron chi connectivity index (χ2n) is 18.2. The molecule has 4 aliphatic rings. The number of hydrogen-bond acceptors (Lipinski definition) is 9. The number of ether oxygens (including phenoxy) is 2. The monoisotopic (exact) mass is 1080 g/mol. The Balaban J connectivity index is 0.000000216. The number of halogens is 9. The fraction of sp³-hybridized carbons (Fsp3) is 0.400. The van der Waals surface area contributed by atoms with Gasteiger partial charge in [-0.2, -0.15) is 0 Å². The first-order chi connectivity index (χ1) is 35.0. The molecule has 8 rings (SSSR count). The van der Waals surface area contributed by atoms with E-state index in [1.54, 1.807) is 24.3 Å². The Kier molecular flexibility index (Phi) is 17.0. The molecule has 24 heteroatoms. The molecule has 0 bridgehead atoms. The molecule has 6 amide bonds. The summed E-state index contributed by atoms with van der Waals surface area (Å²) in [6.45, 7) is -0.611. The molecule has 2 saturated carbocycles. The molecule has 0 aromatic heterocycles. The number of anilines is 2. The summed E-state index contributed by atoms with van der Waals surface area (Å²) >= 11 is 12.8. The van der Waals surface area contributed by atoms with E-state index < -0.39 is 140 Å². The van der Waals surface area contributed by atoms with Crippen LogP contribution in [0, 0.1) is 11.6 Å². The number of hydrogen-bond donors (Lipinski definition) is 3. The van der Waals surface area contributed by atoms with E-state index in [0.29, 0.717) is 0 Å². The van der Waals surface area contributed by atoms with Crippen molar-refractivity contribution in [2.24, 2.45) is 0 Å². The third kappa shape index (κ3) is 12.5. The molecule has 74 heavy (non-hydrogen) atoms. The van der Waals surface area contributed by atoms with Crippen molar-refractivity contribution in [2.75, 3.05) is 37.1 Å². The van der Waals surface area contributed by atoms with Crippen molar-refractivity contribution < 1.29 is 74.1 Å². The van der Waals surface area contributed by atoms with Gasteiger partial charge in [-0.25, -0.2) is 40.3 Å². The second-order valence-corrected chi connectivity index (χ2v) is 19.0. The number of benzene rings is 4. The first-order valence-corrected chi connectivity index (χ1v) is 23.8. The molecule has 2 heterocycles. The zero-order valence-electron chi connectivity index (χ0n) is 39.4. The van der Waals surface area contributed by atoms with Gasteiger partial charge >= 0.3 is 12.2 Å². The lowest BCUT2D eigenvalue weighted by molar-refractivity contribution is -0.134. The summed E-state index contributed by atoms with van der Waals surface area (Å²) in [4.78, 5) is 83.7. The first-order valence-electron chi connectivity index (χ1n) is 23.0. The highest BCUT2D eigenvalue weighted by molar-refractivity contribution is 6.32. The van der Waals surface area contributed by atoms with Crippen molar-refractivity contribution in [1.29, 1.82) is 0 Å². The average molecular weight is 1080 g/mol. The van der Waals surface area contributed by atoms with E-state index in [1.807, 2.05) is 0 Å². The van der Waals surface area contributed by atoms with Gasteiger partial charge in [-0.15, -0.1) is 0 Å². The molecule has 15 nitrogen and oxygen atoms in total. The molecule has 4 fully saturated rings. The zero-order valence-corrected chi connectivity index (χ0v) is 40.9. The van der Waals surface area contributed by atoms with E-state index in [4.69, 9.17) is 32.7 Å². The summed E-state index contributed by atoms with van der Waals surface area (Å²) in [5.74, 6) is -10.6. The highest BCUT2D eigenvalue weighted by Crippen LogP contribution is 2.42. The van der Waals surface area contributed by atoms with Gasteiger partial charge in [-0.05, 0) is 48.5 Å². The predicted octanol–water partition coefficient (Wildman–Crippen LogP) is 8.32. The van der Waals surface area contributed by atoms with Crippen molar-refractivity contribution in [3.05, 3.63) is 130 Å². The molecule has 4 aromatic rings. The van der Waals surface area contributed by atoms with Crippen LogP contribution in [0.15, 0.2) is 97.1 Å². The molecule has 3 N–H and O–H groups in total. The number of likely N-dealkylation sites (tertiary alicyclic amines) is 2. The van der Waals surface area contributed by atoms with Gasteiger partial charge in [0.05, 0.1) is 33.4 Å².